The molecular formula is C36H36O18. The number of carbonyl (C=O) groups excluding carboxylic acids is 1. The van der Waals surface area contributed by atoms with Crippen LogP contribution in [0.3, 0.4) is 0 Å². The smallest absolute Gasteiger partial charge is 0.331 e. The molecule has 2 aliphatic heterocycles. The van der Waals surface area contributed by atoms with E-state index in [2.05, 4.69) is 0 Å². The minimum atomic E-state index is -2.08. The van der Waals surface area contributed by atoms with Gasteiger partial charge in [0.05, 0.1) is 12.7 Å². The van der Waals surface area contributed by atoms with Crippen LogP contribution >= 0.6 is 0 Å². The van der Waals surface area contributed by atoms with Crippen LogP contribution in [0.2, 0.25) is 0 Å². The molecular weight excluding hydrogens is 720 g/mol. The van der Waals surface area contributed by atoms with Crippen LogP contribution in [-0.2, 0) is 23.7 Å². The zero-order chi connectivity index (χ0) is 39.0. The molecule has 0 amide bonds. The average molecular weight is 757 g/mol. The van der Waals surface area contributed by atoms with E-state index in [1.54, 1.807) is 0 Å². The first-order chi connectivity index (χ1) is 25.6. The standard InChI is InChI=1S/C36H36O18/c1-14-26(43)28(45)30(47)35(50-14)49-13-23-33(53-24(42)9-4-15-2-6-17(37)7-3-15)29(46)31(48)36(52-23)54-34-27(44)25-21(41)11-18(38)12-22(25)51-32(34)16-5-8-19(39)20(40)10-16/h2-12,14,23,26,28-31,33,35-41,43,45-48H,13H2,1H3/b9-4+/t14-,23-,26-,28+,29+,30-,31+,33+,35-,36+/m0/s1. The number of benzene rings is 3. The minimum absolute atomic E-state index is 0.0137. The lowest BCUT2D eigenvalue weighted by atomic mass is 9.98. The van der Waals surface area contributed by atoms with Gasteiger partial charge in [0.15, 0.2) is 29.7 Å². The van der Waals surface area contributed by atoms with Crippen molar-refractivity contribution in [2.24, 2.45) is 0 Å². The van der Waals surface area contributed by atoms with Gasteiger partial charge in [0.2, 0.25) is 17.5 Å². The molecule has 1 aromatic heterocycles. The van der Waals surface area contributed by atoms with Crippen molar-refractivity contribution >= 4 is 23.0 Å². The van der Waals surface area contributed by atoms with Gasteiger partial charge >= 0.3 is 5.97 Å². The SMILES string of the molecule is C[C@@H]1O[C@H](OC[C@@H]2O[C@H](Oc3c(-c4ccc(O)c(O)c4)oc4cc(O)cc(O)c4c3=O)[C@H](O)[C@@H](O)[C@@H]2OC(=O)/C=C/c2ccc(O)cc2)[C@@H](O)[C@H](O)[C@H]1O. The molecule has 2 fully saturated rings. The molecule has 18 heteroatoms. The number of aliphatic hydroxyl groups is 5. The first kappa shape index (κ1) is 38.3. The monoisotopic (exact) mass is 756 g/mol. The van der Waals surface area contributed by atoms with Gasteiger partial charge < -0.3 is 79.2 Å². The fraction of sp³-hybridized carbons (Fsp3) is 0.333. The van der Waals surface area contributed by atoms with Crippen LogP contribution in [0.4, 0.5) is 0 Å². The number of hydrogen-bond acceptors (Lipinski definition) is 18. The third-order valence-electron chi connectivity index (χ3n) is 8.82. The number of phenolic OH excluding ortho intramolecular Hbond substituents is 5. The molecule has 2 saturated heterocycles. The Bertz CT molecular complexity index is 2080. The molecule has 6 rings (SSSR count). The second kappa shape index (κ2) is 15.5. The van der Waals surface area contributed by atoms with Gasteiger partial charge in [-0.15, -0.1) is 0 Å². The Balaban J connectivity index is 1.34. The lowest BCUT2D eigenvalue weighted by Gasteiger charge is -2.43. The van der Waals surface area contributed by atoms with E-state index < -0.39 is 119 Å². The highest BCUT2D eigenvalue weighted by Crippen LogP contribution is 2.39. The number of aromatic hydroxyl groups is 5. The van der Waals surface area contributed by atoms with Crippen molar-refractivity contribution in [2.45, 2.75) is 68.3 Å². The maximum atomic E-state index is 13.9. The molecule has 54 heavy (non-hydrogen) atoms. The second-order valence-corrected chi connectivity index (χ2v) is 12.6. The Morgan fingerprint density at radius 2 is 1.46 bits per heavy atom. The van der Waals surface area contributed by atoms with Crippen molar-refractivity contribution in [2.75, 3.05) is 6.61 Å². The highest BCUT2D eigenvalue weighted by molar-refractivity contribution is 5.88. The summed E-state index contributed by atoms with van der Waals surface area (Å²) >= 11 is 0. The van der Waals surface area contributed by atoms with Gasteiger partial charge in [0.1, 0.15) is 64.8 Å². The lowest BCUT2D eigenvalue weighted by Crippen LogP contribution is -2.62. The number of hydrogen-bond donors (Lipinski definition) is 10. The molecule has 18 nitrogen and oxygen atoms in total. The summed E-state index contributed by atoms with van der Waals surface area (Å²) in [5, 5.41) is 103. The van der Waals surface area contributed by atoms with Crippen LogP contribution in [0.1, 0.15) is 12.5 Å². The average Bonchev–Trinajstić information content (AvgIpc) is 3.13. The Morgan fingerprint density at radius 1 is 0.759 bits per heavy atom. The van der Waals surface area contributed by atoms with E-state index in [-0.39, 0.29) is 16.9 Å². The fourth-order valence-electron chi connectivity index (χ4n) is 5.89. The van der Waals surface area contributed by atoms with Gasteiger partial charge in [-0.05, 0) is 48.9 Å². The Hall–Kier alpha value is -5.44. The first-order valence-corrected chi connectivity index (χ1v) is 16.3. The number of esters is 1. The first-order valence-electron chi connectivity index (χ1n) is 16.3. The lowest BCUT2D eigenvalue weighted by molar-refractivity contribution is -0.319. The summed E-state index contributed by atoms with van der Waals surface area (Å²) < 4.78 is 34.1. The quantitative estimate of drug-likeness (QED) is 0.0623. The van der Waals surface area contributed by atoms with Crippen LogP contribution < -0.4 is 10.2 Å². The zero-order valence-electron chi connectivity index (χ0n) is 28.1. The van der Waals surface area contributed by atoms with E-state index in [0.717, 1.165) is 30.3 Å². The Kier molecular flexibility index (Phi) is 11.0. The number of aliphatic hydroxyl groups excluding tert-OH is 5. The number of fused-ring (bicyclic) bond motifs is 1. The van der Waals surface area contributed by atoms with Crippen molar-refractivity contribution in [1.82, 2.24) is 0 Å². The van der Waals surface area contributed by atoms with Crippen LogP contribution in [0.25, 0.3) is 28.4 Å². The van der Waals surface area contributed by atoms with Crippen molar-refractivity contribution in [3.05, 3.63) is 76.5 Å². The highest BCUT2D eigenvalue weighted by Gasteiger charge is 2.50. The molecule has 0 aliphatic carbocycles. The summed E-state index contributed by atoms with van der Waals surface area (Å²) in [6.45, 7) is 0.716. The predicted octanol–water partition coefficient (Wildman–Crippen LogP) is 0.283. The molecule has 3 heterocycles. The van der Waals surface area contributed by atoms with Crippen molar-refractivity contribution in [1.29, 1.82) is 0 Å². The molecule has 0 spiro atoms. The molecule has 0 bridgehead atoms. The summed E-state index contributed by atoms with van der Waals surface area (Å²) in [5.74, 6) is -4.59. The third kappa shape index (κ3) is 7.77. The molecule has 10 N–H and O–H groups in total. The summed E-state index contributed by atoms with van der Waals surface area (Å²) in [5.41, 5.74) is -0.977. The zero-order valence-corrected chi connectivity index (χ0v) is 28.1. The molecule has 3 aromatic carbocycles. The third-order valence-corrected chi connectivity index (χ3v) is 8.82. The van der Waals surface area contributed by atoms with Crippen LogP contribution in [0.15, 0.2) is 69.9 Å². The Morgan fingerprint density at radius 3 is 2.17 bits per heavy atom. The highest BCUT2D eigenvalue weighted by atomic mass is 16.7. The van der Waals surface area contributed by atoms with Crippen molar-refractivity contribution < 1.29 is 84.0 Å². The van der Waals surface area contributed by atoms with Gasteiger partial charge in [-0.1, -0.05) is 12.1 Å². The Labute approximate surface area is 304 Å². The topological polar surface area (TPSA) is 296 Å². The largest absolute Gasteiger partial charge is 0.508 e. The molecule has 0 saturated carbocycles. The van der Waals surface area contributed by atoms with Gasteiger partial charge in [0.25, 0.3) is 0 Å². The van der Waals surface area contributed by atoms with E-state index >= 15 is 0 Å². The van der Waals surface area contributed by atoms with E-state index in [9.17, 15) is 60.7 Å². The molecule has 288 valence electrons. The number of ether oxygens (including phenoxy) is 5. The maximum absolute atomic E-state index is 13.9. The number of carbonyl (C=O) groups is 1. The normalized spacial score (nSPS) is 28.6. The van der Waals surface area contributed by atoms with Crippen LogP contribution in [0.5, 0.6) is 34.5 Å². The van der Waals surface area contributed by atoms with Gasteiger partial charge in [-0.3, -0.25) is 4.79 Å². The molecule has 4 aromatic rings. The fourth-order valence-corrected chi connectivity index (χ4v) is 5.89. The number of phenols is 5. The van der Waals surface area contributed by atoms with Crippen LogP contribution in [0, 0.1) is 0 Å². The number of rotatable bonds is 9. The molecule has 0 unspecified atom stereocenters. The van der Waals surface area contributed by atoms with E-state index in [0.29, 0.717) is 5.56 Å². The van der Waals surface area contributed by atoms with E-state index in [1.807, 2.05) is 0 Å². The molecule has 2 aliphatic rings. The summed E-state index contributed by atoms with van der Waals surface area (Å²) in [4.78, 5) is 26.8. The summed E-state index contributed by atoms with van der Waals surface area (Å²) in [6, 6.07) is 10.9. The predicted molar refractivity (Wildman–Crippen MR) is 181 cm³/mol. The molecule has 10 atom stereocenters. The van der Waals surface area contributed by atoms with Gasteiger partial charge in [-0.2, -0.15) is 0 Å². The van der Waals surface area contributed by atoms with Crippen LogP contribution in [-0.4, -0.2) is 125 Å². The maximum Gasteiger partial charge on any atom is 0.331 e. The minimum Gasteiger partial charge on any atom is -0.508 e. The van der Waals surface area contributed by atoms with Gasteiger partial charge in [0, 0.05) is 23.8 Å². The van der Waals surface area contributed by atoms with E-state index in [1.165, 1.54) is 43.3 Å². The summed E-state index contributed by atoms with van der Waals surface area (Å²) in [7, 11) is 0. The van der Waals surface area contributed by atoms with E-state index in [4.69, 9.17) is 28.1 Å². The van der Waals surface area contributed by atoms with Gasteiger partial charge in [-0.25, -0.2) is 4.79 Å². The summed E-state index contributed by atoms with van der Waals surface area (Å²) in [6.07, 6.45) is -14.6. The molecule has 0 radical (unpaired) electrons. The second-order valence-electron chi connectivity index (χ2n) is 12.6. The van der Waals surface area contributed by atoms with Crippen molar-refractivity contribution in [3.63, 3.8) is 0 Å². The van der Waals surface area contributed by atoms with Crippen molar-refractivity contribution in [3.8, 4) is 45.8 Å².